The Morgan fingerprint density at radius 1 is 1.79 bits per heavy atom. The second-order valence-electron chi connectivity index (χ2n) is 2.48. The zero-order chi connectivity index (χ0) is 10.4. The molecule has 0 aliphatic heterocycles. The number of rotatable bonds is 4. The highest BCUT2D eigenvalue weighted by Crippen LogP contribution is 1.99. The van der Waals surface area contributed by atoms with Gasteiger partial charge < -0.3 is 0 Å². The summed E-state index contributed by atoms with van der Waals surface area (Å²) in [6.45, 7) is 0.102. The summed E-state index contributed by atoms with van der Waals surface area (Å²) >= 11 is 0. The number of nitrogens with one attached hydrogen (secondary N) is 1. The molecule has 0 radical (unpaired) electrons. The van der Waals surface area contributed by atoms with Gasteiger partial charge >= 0.3 is 0 Å². The van der Waals surface area contributed by atoms with Crippen molar-refractivity contribution in [1.82, 2.24) is 15.2 Å². The molecule has 1 unspecified atom stereocenters. The minimum Gasteiger partial charge on any atom is -0.271 e. The average molecular weight is 193 g/mol. The van der Waals surface area contributed by atoms with Crippen LogP contribution < -0.4 is 5.43 Å². The molecule has 0 aliphatic rings. The third-order valence-corrected chi connectivity index (χ3v) is 1.56. The van der Waals surface area contributed by atoms with Gasteiger partial charge in [-0.15, -0.1) is 4.91 Å². The van der Waals surface area contributed by atoms with Gasteiger partial charge in [-0.2, -0.15) is 10.4 Å². The summed E-state index contributed by atoms with van der Waals surface area (Å²) < 4.78 is 1.43. The zero-order valence-electron chi connectivity index (χ0n) is 7.12. The van der Waals surface area contributed by atoms with Crippen LogP contribution in [0.2, 0.25) is 0 Å². The molecular formula is C7H7N5O2. The molecule has 1 aromatic rings. The van der Waals surface area contributed by atoms with Crippen LogP contribution in [0, 0.1) is 22.2 Å². The fraction of sp³-hybridized carbons (Fsp3) is 0.286. The Bertz CT molecular complexity index is 353. The van der Waals surface area contributed by atoms with Crippen LogP contribution in [0.5, 0.6) is 0 Å². The molecule has 0 aromatic carbocycles. The number of amides is 1. The van der Waals surface area contributed by atoms with Crippen molar-refractivity contribution in [3.63, 3.8) is 0 Å². The Balaban J connectivity index is 2.60. The molecule has 1 rings (SSSR count). The lowest BCUT2D eigenvalue weighted by Gasteiger charge is -2.05. The number of nitroso groups, excluding NO2 is 1. The summed E-state index contributed by atoms with van der Waals surface area (Å²) in [5.74, 6) is -1.69. The van der Waals surface area contributed by atoms with E-state index in [0.717, 1.165) is 0 Å². The molecule has 1 N–H and O–H groups in total. The highest BCUT2D eigenvalue weighted by atomic mass is 16.3. The number of carbonyl (C=O) groups is 1. The third kappa shape index (κ3) is 2.38. The van der Waals surface area contributed by atoms with E-state index in [1.807, 2.05) is 0 Å². The number of nitrogens with zero attached hydrogens (tertiary/aromatic N) is 4. The molecule has 72 valence electrons. The van der Waals surface area contributed by atoms with Crippen molar-refractivity contribution in [2.45, 2.75) is 6.54 Å². The second kappa shape index (κ2) is 4.71. The van der Waals surface area contributed by atoms with Crippen molar-refractivity contribution in [2.75, 3.05) is 0 Å². The minimum absolute atomic E-state index is 0.102. The van der Waals surface area contributed by atoms with Crippen molar-refractivity contribution in [2.24, 2.45) is 11.2 Å². The zero-order valence-corrected chi connectivity index (χ0v) is 7.12. The minimum atomic E-state index is -0.965. The van der Waals surface area contributed by atoms with Gasteiger partial charge in [0.15, 0.2) is 0 Å². The molecular weight excluding hydrogens is 186 g/mol. The first-order valence-electron chi connectivity index (χ1n) is 3.77. The van der Waals surface area contributed by atoms with Gasteiger partial charge in [0, 0.05) is 12.4 Å². The van der Waals surface area contributed by atoms with E-state index in [9.17, 15) is 9.70 Å². The van der Waals surface area contributed by atoms with E-state index in [1.54, 1.807) is 23.8 Å². The average Bonchev–Trinajstić information content (AvgIpc) is 2.66. The molecule has 1 heterocycles. The topological polar surface area (TPSA) is 100 Å². The van der Waals surface area contributed by atoms with E-state index < -0.39 is 11.8 Å². The van der Waals surface area contributed by atoms with Crippen LogP contribution in [-0.4, -0.2) is 15.7 Å². The summed E-state index contributed by atoms with van der Waals surface area (Å²) in [5, 5.41) is 14.7. The molecule has 1 atom stereocenters. The van der Waals surface area contributed by atoms with Crippen LogP contribution in [-0.2, 0) is 11.3 Å². The van der Waals surface area contributed by atoms with Crippen molar-refractivity contribution < 1.29 is 4.79 Å². The molecule has 0 spiro atoms. The fourth-order valence-electron chi connectivity index (χ4n) is 0.901. The van der Waals surface area contributed by atoms with Crippen LogP contribution >= 0.6 is 0 Å². The van der Waals surface area contributed by atoms with E-state index in [1.165, 1.54) is 10.9 Å². The van der Waals surface area contributed by atoms with Crippen LogP contribution in [0.25, 0.3) is 0 Å². The molecule has 1 aromatic heterocycles. The van der Waals surface area contributed by atoms with Gasteiger partial charge in [-0.3, -0.25) is 9.48 Å². The highest BCUT2D eigenvalue weighted by molar-refractivity contribution is 5.80. The van der Waals surface area contributed by atoms with Crippen LogP contribution in [0.4, 0.5) is 0 Å². The molecule has 0 saturated carbocycles. The molecule has 1 amide bonds. The van der Waals surface area contributed by atoms with E-state index in [0.29, 0.717) is 0 Å². The Kier molecular flexibility index (Phi) is 3.32. The molecule has 7 heteroatoms. The molecule has 0 fully saturated rings. The Morgan fingerprint density at radius 2 is 2.57 bits per heavy atom. The number of carbonyl (C=O) groups excluding carboxylic acids is 1. The van der Waals surface area contributed by atoms with E-state index >= 15 is 0 Å². The monoisotopic (exact) mass is 193 g/mol. The third-order valence-electron chi connectivity index (χ3n) is 1.56. The van der Waals surface area contributed by atoms with Gasteiger partial charge in [0.05, 0.1) is 17.9 Å². The van der Waals surface area contributed by atoms with Crippen LogP contribution in [0.3, 0.4) is 0 Å². The van der Waals surface area contributed by atoms with E-state index in [4.69, 9.17) is 5.26 Å². The first kappa shape index (κ1) is 9.85. The highest BCUT2D eigenvalue weighted by Gasteiger charge is 2.18. The quantitative estimate of drug-likeness (QED) is 0.529. The number of hydrogen-bond donors (Lipinski definition) is 1. The molecule has 7 nitrogen and oxygen atoms in total. The Labute approximate surface area is 79.3 Å². The van der Waals surface area contributed by atoms with E-state index in [-0.39, 0.29) is 6.54 Å². The number of hydrogen-bond acceptors (Lipinski definition) is 5. The molecule has 0 saturated heterocycles. The smallest absolute Gasteiger partial charge is 0.261 e. The van der Waals surface area contributed by atoms with Gasteiger partial charge in [0.2, 0.25) is 0 Å². The SMILES string of the molecule is N#CC(Cn1cccn1)C(=O)NN=O. The number of aromatic nitrogens is 2. The molecule has 0 bridgehead atoms. The van der Waals surface area contributed by atoms with E-state index in [2.05, 4.69) is 10.4 Å². The maximum Gasteiger partial charge on any atom is 0.261 e. The normalized spacial score (nSPS) is 11.4. The molecule has 14 heavy (non-hydrogen) atoms. The van der Waals surface area contributed by atoms with Gasteiger partial charge in [-0.05, 0) is 6.07 Å². The molecule has 0 aliphatic carbocycles. The van der Waals surface area contributed by atoms with Gasteiger partial charge in [0.1, 0.15) is 5.92 Å². The summed E-state index contributed by atoms with van der Waals surface area (Å²) in [6, 6.07) is 3.42. The first-order chi connectivity index (χ1) is 6.77. The summed E-state index contributed by atoms with van der Waals surface area (Å²) in [5.41, 5.74) is 1.68. The van der Waals surface area contributed by atoms with Crippen molar-refractivity contribution in [3.8, 4) is 6.07 Å². The Morgan fingerprint density at radius 3 is 3.07 bits per heavy atom. The lowest BCUT2D eigenvalue weighted by Crippen LogP contribution is -2.28. The van der Waals surface area contributed by atoms with Gasteiger partial charge in [-0.25, -0.2) is 5.43 Å². The summed E-state index contributed by atoms with van der Waals surface area (Å²) in [4.78, 5) is 20.8. The number of nitriles is 1. The summed E-state index contributed by atoms with van der Waals surface area (Å²) in [7, 11) is 0. The van der Waals surface area contributed by atoms with Gasteiger partial charge in [-0.1, -0.05) is 0 Å². The van der Waals surface area contributed by atoms with Crippen LogP contribution in [0.15, 0.2) is 23.7 Å². The summed E-state index contributed by atoms with van der Waals surface area (Å²) in [6.07, 6.45) is 3.15. The van der Waals surface area contributed by atoms with Crippen LogP contribution in [0.1, 0.15) is 0 Å². The maximum absolute atomic E-state index is 11.0. The standard InChI is InChI=1S/C7H7N5O2/c8-4-6(7(13)10-11-14)5-12-3-1-2-9-12/h1-3,6H,5H2,(H,10,13,14). The van der Waals surface area contributed by atoms with Crippen molar-refractivity contribution in [3.05, 3.63) is 23.4 Å². The second-order valence-corrected chi connectivity index (χ2v) is 2.48. The van der Waals surface area contributed by atoms with Gasteiger partial charge in [0.25, 0.3) is 5.91 Å². The lowest BCUT2D eigenvalue weighted by atomic mass is 10.1. The lowest BCUT2D eigenvalue weighted by molar-refractivity contribution is -0.123. The fourth-order valence-corrected chi connectivity index (χ4v) is 0.901. The predicted octanol–water partition coefficient (Wildman–Crippen LogP) is -0.180. The Hall–Kier alpha value is -2.23. The first-order valence-corrected chi connectivity index (χ1v) is 3.77. The van der Waals surface area contributed by atoms with Crippen molar-refractivity contribution in [1.29, 1.82) is 5.26 Å². The maximum atomic E-state index is 11.0. The predicted molar refractivity (Wildman–Crippen MR) is 45.3 cm³/mol. The van der Waals surface area contributed by atoms with Crippen molar-refractivity contribution >= 4 is 5.91 Å². The largest absolute Gasteiger partial charge is 0.271 e.